The van der Waals surface area contributed by atoms with Crippen LogP contribution in [0.2, 0.25) is 15.1 Å². The minimum atomic E-state index is 0.376. The lowest BCUT2D eigenvalue weighted by molar-refractivity contribution is 1.55. The SMILES string of the molecule is Clc1ccc(C(=Cc2ccccc2)c2ccccc2)c(Cl)c1Cl. The van der Waals surface area contributed by atoms with Crippen LogP contribution in [-0.2, 0) is 0 Å². The van der Waals surface area contributed by atoms with Gasteiger partial charge in [0.2, 0.25) is 0 Å². The monoisotopic (exact) mass is 358 g/mol. The van der Waals surface area contributed by atoms with Gasteiger partial charge in [-0.2, -0.15) is 0 Å². The molecule has 0 saturated heterocycles. The van der Waals surface area contributed by atoms with Crippen LogP contribution in [0.3, 0.4) is 0 Å². The molecule has 0 amide bonds. The van der Waals surface area contributed by atoms with Crippen LogP contribution < -0.4 is 0 Å². The minimum absolute atomic E-state index is 0.376. The summed E-state index contributed by atoms with van der Waals surface area (Å²) in [6.07, 6.45) is 2.10. The molecular weight excluding hydrogens is 347 g/mol. The standard InChI is InChI=1S/C20H13Cl3/c21-18-12-11-16(19(22)20(18)23)17(15-9-5-2-6-10-15)13-14-7-3-1-4-8-14/h1-13H. The maximum Gasteiger partial charge on any atom is 0.0784 e. The molecule has 3 heteroatoms. The molecule has 0 aromatic heterocycles. The van der Waals surface area contributed by atoms with Crippen molar-refractivity contribution < 1.29 is 0 Å². The highest BCUT2D eigenvalue weighted by atomic mass is 35.5. The summed E-state index contributed by atoms with van der Waals surface area (Å²) < 4.78 is 0. The fraction of sp³-hybridized carbons (Fsp3) is 0. The topological polar surface area (TPSA) is 0 Å². The third-order valence-electron chi connectivity index (χ3n) is 3.52. The summed E-state index contributed by atoms with van der Waals surface area (Å²) in [4.78, 5) is 0. The fourth-order valence-electron chi connectivity index (χ4n) is 2.38. The van der Waals surface area contributed by atoms with Gasteiger partial charge in [-0.25, -0.2) is 0 Å². The van der Waals surface area contributed by atoms with Crippen molar-refractivity contribution in [3.63, 3.8) is 0 Å². The van der Waals surface area contributed by atoms with E-state index in [1.165, 1.54) is 0 Å². The number of rotatable bonds is 3. The quantitative estimate of drug-likeness (QED) is 0.341. The lowest BCUT2D eigenvalue weighted by Gasteiger charge is -2.12. The zero-order valence-corrected chi connectivity index (χ0v) is 14.4. The van der Waals surface area contributed by atoms with Crippen molar-refractivity contribution in [2.45, 2.75) is 0 Å². The Morgan fingerprint density at radius 1 is 0.652 bits per heavy atom. The van der Waals surface area contributed by atoms with Crippen molar-refractivity contribution in [1.29, 1.82) is 0 Å². The van der Waals surface area contributed by atoms with E-state index >= 15 is 0 Å². The van der Waals surface area contributed by atoms with Crippen LogP contribution in [0.4, 0.5) is 0 Å². The highest BCUT2D eigenvalue weighted by Gasteiger charge is 2.14. The summed E-state index contributed by atoms with van der Waals surface area (Å²) >= 11 is 18.7. The Hall–Kier alpha value is -1.73. The van der Waals surface area contributed by atoms with Gasteiger partial charge >= 0.3 is 0 Å². The van der Waals surface area contributed by atoms with Crippen molar-refractivity contribution in [2.75, 3.05) is 0 Å². The van der Waals surface area contributed by atoms with Crippen LogP contribution in [0.15, 0.2) is 72.8 Å². The van der Waals surface area contributed by atoms with Gasteiger partial charge < -0.3 is 0 Å². The average molecular weight is 360 g/mol. The Labute approximate surface area is 150 Å². The first-order chi connectivity index (χ1) is 11.2. The molecule has 0 unspecified atom stereocenters. The molecule has 23 heavy (non-hydrogen) atoms. The van der Waals surface area contributed by atoms with Crippen LogP contribution in [0.1, 0.15) is 16.7 Å². The van der Waals surface area contributed by atoms with Gasteiger partial charge in [-0.05, 0) is 28.8 Å². The molecule has 0 aliphatic carbocycles. The number of hydrogen-bond donors (Lipinski definition) is 0. The molecule has 3 aromatic carbocycles. The summed E-state index contributed by atoms with van der Waals surface area (Å²) in [6.45, 7) is 0. The smallest absolute Gasteiger partial charge is 0.0784 e. The van der Waals surface area contributed by atoms with Gasteiger partial charge in [0, 0.05) is 5.56 Å². The Morgan fingerprint density at radius 2 is 1.26 bits per heavy atom. The summed E-state index contributed by atoms with van der Waals surface area (Å²) in [7, 11) is 0. The summed E-state index contributed by atoms with van der Waals surface area (Å²) in [6, 6.07) is 23.9. The van der Waals surface area contributed by atoms with E-state index in [0.29, 0.717) is 15.1 Å². The van der Waals surface area contributed by atoms with Gasteiger partial charge in [-0.1, -0.05) is 102 Å². The summed E-state index contributed by atoms with van der Waals surface area (Å²) in [5.41, 5.74) is 4.02. The van der Waals surface area contributed by atoms with Gasteiger partial charge in [-0.3, -0.25) is 0 Å². The number of benzene rings is 3. The van der Waals surface area contributed by atoms with E-state index in [4.69, 9.17) is 34.8 Å². The molecule has 0 radical (unpaired) electrons. The van der Waals surface area contributed by atoms with E-state index in [0.717, 1.165) is 22.3 Å². The molecule has 3 rings (SSSR count). The van der Waals surface area contributed by atoms with Crippen LogP contribution in [0.5, 0.6) is 0 Å². The van der Waals surface area contributed by atoms with Gasteiger partial charge in [0.15, 0.2) is 0 Å². The van der Waals surface area contributed by atoms with E-state index in [-0.39, 0.29) is 0 Å². The first-order valence-electron chi connectivity index (χ1n) is 7.13. The molecule has 0 aliphatic rings. The molecule has 0 saturated carbocycles. The Kier molecular flexibility index (Phi) is 5.07. The second kappa shape index (κ2) is 7.23. The van der Waals surface area contributed by atoms with Gasteiger partial charge in [0.1, 0.15) is 0 Å². The highest BCUT2D eigenvalue weighted by Crippen LogP contribution is 2.38. The largest absolute Gasteiger partial charge is 0.0827 e. The molecule has 0 nitrogen and oxygen atoms in total. The van der Waals surface area contributed by atoms with Gasteiger partial charge in [0.05, 0.1) is 15.1 Å². The molecule has 3 aromatic rings. The Bertz CT molecular complexity index is 838. The summed E-state index contributed by atoms with van der Waals surface area (Å²) in [5, 5.41) is 1.29. The predicted molar refractivity (Wildman–Crippen MR) is 101 cm³/mol. The maximum atomic E-state index is 6.45. The minimum Gasteiger partial charge on any atom is -0.0827 e. The third kappa shape index (κ3) is 3.61. The van der Waals surface area contributed by atoms with Gasteiger partial charge in [0.25, 0.3) is 0 Å². The zero-order valence-electron chi connectivity index (χ0n) is 12.1. The number of halogens is 3. The number of hydrogen-bond acceptors (Lipinski definition) is 0. The van der Waals surface area contributed by atoms with Gasteiger partial charge in [-0.15, -0.1) is 0 Å². The lowest BCUT2D eigenvalue weighted by atomic mass is 9.95. The second-order valence-electron chi connectivity index (χ2n) is 5.06. The Balaban J connectivity index is 2.22. The van der Waals surface area contributed by atoms with Crippen molar-refractivity contribution in [2.24, 2.45) is 0 Å². The van der Waals surface area contributed by atoms with E-state index in [9.17, 15) is 0 Å². The average Bonchev–Trinajstić information content (AvgIpc) is 2.60. The molecule has 0 heterocycles. The van der Waals surface area contributed by atoms with Crippen LogP contribution in [0, 0.1) is 0 Å². The van der Waals surface area contributed by atoms with Crippen molar-refractivity contribution >= 4 is 46.5 Å². The van der Waals surface area contributed by atoms with E-state index in [1.54, 1.807) is 6.07 Å². The molecule has 0 atom stereocenters. The van der Waals surface area contributed by atoms with Crippen molar-refractivity contribution in [3.8, 4) is 0 Å². The third-order valence-corrected chi connectivity index (χ3v) is 4.81. The van der Waals surface area contributed by atoms with E-state index in [1.807, 2.05) is 66.7 Å². The van der Waals surface area contributed by atoms with Crippen molar-refractivity contribution in [1.82, 2.24) is 0 Å². The lowest BCUT2D eigenvalue weighted by Crippen LogP contribution is -1.91. The van der Waals surface area contributed by atoms with E-state index < -0.39 is 0 Å². The maximum absolute atomic E-state index is 6.45. The predicted octanol–water partition coefficient (Wildman–Crippen LogP) is 7.24. The first kappa shape index (κ1) is 16.1. The molecule has 114 valence electrons. The highest BCUT2D eigenvalue weighted by molar-refractivity contribution is 6.48. The van der Waals surface area contributed by atoms with E-state index in [2.05, 4.69) is 6.08 Å². The second-order valence-corrected chi connectivity index (χ2v) is 6.22. The summed E-state index contributed by atoms with van der Waals surface area (Å²) in [5.74, 6) is 0. The van der Waals surface area contributed by atoms with Crippen molar-refractivity contribution in [3.05, 3.63) is 105 Å². The first-order valence-corrected chi connectivity index (χ1v) is 8.26. The Morgan fingerprint density at radius 3 is 1.91 bits per heavy atom. The molecule has 0 fully saturated rings. The molecule has 0 aliphatic heterocycles. The van der Waals surface area contributed by atoms with Crippen LogP contribution in [0.25, 0.3) is 11.6 Å². The van der Waals surface area contributed by atoms with Crippen LogP contribution >= 0.6 is 34.8 Å². The molecule has 0 bridgehead atoms. The molecule has 0 spiro atoms. The van der Waals surface area contributed by atoms with Crippen LogP contribution in [-0.4, -0.2) is 0 Å². The molecular formula is C20H13Cl3. The zero-order chi connectivity index (χ0) is 16.2. The normalized spacial score (nSPS) is 11.5. The fourth-order valence-corrected chi connectivity index (χ4v) is 3.02. The molecule has 0 N–H and O–H groups in total.